The van der Waals surface area contributed by atoms with E-state index < -0.39 is 23.6 Å². The van der Waals surface area contributed by atoms with Gasteiger partial charge in [-0.2, -0.15) is 13.2 Å². The number of alkyl halides is 3. The Kier molecular flexibility index (Phi) is 5.57. The van der Waals surface area contributed by atoms with Gasteiger partial charge in [0.1, 0.15) is 5.84 Å². The molecule has 2 amide bonds. The molecule has 1 aromatic rings. The number of carbonyl (C=O) groups excluding carboxylic acids is 2. The first kappa shape index (κ1) is 21.1. The average molecular weight is 434 g/mol. The first-order valence-corrected chi connectivity index (χ1v) is 9.92. The summed E-state index contributed by atoms with van der Waals surface area (Å²) in [6, 6.07) is 4.47. The first-order chi connectivity index (χ1) is 14.8. The van der Waals surface area contributed by atoms with Gasteiger partial charge < -0.3 is 9.80 Å². The smallest absolute Gasteiger partial charge is 0.351 e. The Bertz CT molecular complexity index is 986. The Morgan fingerprint density at radius 3 is 2.68 bits per heavy atom. The highest BCUT2D eigenvalue weighted by molar-refractivity contribution is 5.97. The third-order valence-corrected chi connectivity index (χ3v) is 5.83. The van der Waals surface area contributed by atoms with E-state index in [4.69, 9.17) is 5.21 Å². The number of hydrogen-bond acceptors (Lipinski definition) is 5. The number of nitrogens with one attached hydrogen (secondary N) is 1. The SMILES string of the molecule is O=C(NO)C1=C/N=C(N2C[C@@H]3C2CN3C(=O)c2cccc(C(F)(F)F)c2)CCC/C=C\1. The van der Waals surface area contributed by atoms with Gasteiger partial charge in [-0.05, 0) is 31.0 Å². The molecule has 0 spiro atoms. The molecule has 0 aliphatic carbocycles. The van der Waals surface area contributed by atoms with Crippen LogP contribution in [0.3, 0.4) is 0 Å². The predicted molar refractivity (Wildman–Crippen MR) is 105 cm³/mol. The molecule has 2 N–H and O–H groups in total. The summed E-state index contributed by atoms with van der Waals surface area (Å²) in [6.07, 6.45) is 2.63. The molecule has 3 aliphatic rings. The van der Waals surface area contributed by atoms with Crippen molar-refractivity contribution in [3.8, 4) is 0 Å². The Morgan fingerprint density at radius 1 is 1.19 bits per heavy atom. The normalized spacial score (nSPS) is 25.9. The molecule has 4 rings (SSSR count). The second-order valence-electron chi connectivity index (χ2n) is 7.69. The molecule has 3 heterocycles. The highest BCUT2D eigenvalue weighted by Crippen LogP contribution is 2.36. The Morgan fingerprint density at radius 2 is 2.00 bits per heavy atom. The van der Waals surface area contributed by atoms with Crippen molar-refractivity contribution in [1.29, 1.82) is 0 Å². The summed E-state index contributed by atoms with van der Waals surface area (Å²) in [7, 11) is 0. The number of likely N-dealkylation sites (tertiary alicyclic amines) is 2. The summed E-state index contributed by atoms with van der Waals surface area (Å²) in [5.74, 6) is -0.266. The van der Waals surface area contributed by atoms with E-state index in [1.807, 2.05) is 6.08 Å². The Balaban J connectivity index is 1.44. The molecule has 164 valence electrons. The lowest BCUT2D eigenvalue weighted by atomic mass is 9.84. The maximum absolute atomic E-state index is 12.9. The van der Waals surface area contributed by atoms with E-state index >= 15 is 0 Å². The zero-order chi connectivity index (χ0) is 22.2. The Hall–Kier alpha value is -3.14. The van der Waals surface area contributed by atoms with E-state index in [2.05, 4.69) is 9.89 Å². The summed E-state index contributed by atoms with van der Waals surface area (Å²) in [4.78, 5) is 32.5. The van der Waals surface area contributed by atoms with Crippen LogP contribution < -0.4 is 5.48 Å². The van der Waals surface area contributed by atoms with Crippen LogP contribution in [0, 0.1) is 0 Å². The fraction of sp³-hybridized carbons (Fsp3) is 0.381. The highest BCUT2D eigenvalue weighted by Gasteiger charge is 2.54. The van der Waals surface area contributed by atoms with Crippen molar-refractivity contribution in [2.24, 2.45) is 4.99 Å². The third kappa shape index (κ3) is 4.07. The van der Waals surface area contributed by atoms with Gasteiger partial charge >= 0.3 is 6.18 Å². The lowest BCUT2D eigenvalue weighted by Gasteiger charge is -2.62. The molecule has 0 radical (unpaired) electrons. The number of allylic oxidation sites excluding steroid dienone is 1. The number of amides is 2. The van der Waals surface area contributed by atoms with Crippen LogP contribution in [0.5, 0.6) is 0 Å². The van der Waals surface area contributed by atoms with E-state index in [1.165, 1.54) is 18.3 Å². The van der Waals surface area contributed by atoms with Gasteiger partial charge in [-0.3, -0.25) is 14.8 Å². The van der Waals surface area contributed by atoms with Crippen LogP contribution >= 0.6 is 0 Å². The molecule has 7 nitrogen and oxygen atoms in total. The van der Waals surface area contributed by atoms with Crippen molar-refractivity contribution in [1.82, 2.24) is 15.3 Å². The van der Waals surface area contributed by atoms with Crippen molar-refractivity contribution in [3.05, 3.63) is 59.3 Å². The van der Waals surface area contributed by atoms with Crippen LogP contribution in [-0.4, -0.2) is 57.8 Å². The lowest BCUT2D eigenvalue weighted by molar-refractivity contribution is -0.137. The van der Waals surface area contributed by atoms with Crippen molar-refractivity contribution in [2.45, 2.75) is 37.5 Å². The fourth-order valence-electron chi connectivity index (χ4n) is 4.04. The van der Waals surface area contributed by atoms with Crippen molar-refractivity contribution in [2.75, 3.05) is 13.1 Å². The number of fused-ring (bicyclic) bond motifs is 1. The summed E-state index contributed by atoms with van der Waals surface area (Å²) in [5, 5.41) is 8.84. The van der Waals surface area contributed by atoms with Gasteiger partial charge in [0.2, 0.25) is 0 Å². The quantitative estimate of drug-likeness (QED) is 0.554. The number of carbonyl (C=O) groups is 2. The van der Waals surface area contributed by atoms with Crippen LogP contribution in [0.1, 0.15) is 35.2 Å². The topological polar surface area (TPSA) is 85.2 Å². The molecular formula is C21H21F3N4O3. The average Bonchev–Trinajstić information content (AvgIpc) is 2.86. The highest BCUT2D eigenvalue weighted by atomic mass is 19.4. The van der Waals surface area contributed by atoms with Crippen LogP contribution in [0.25, 0.3) is 0 Å². The molecule has 0 bridgehead atoms. The summed E-state index contributed by atoms with van der Waals surface area (Å²) in [5.41, 5.74) is 1.01. The second-order valence-corrected chi connectivity index (χ2v) is 7.69. The van der Waals surface area contributed by atoms with E-state index in [0.29, 0.717) is 19.5 Å². The van der Waals surface area contributed by atoms with E-state index in [-0.39, 0.29) is 23.2 Å². The molecule has 2 atom stereocenters. The standard InChI is InChI=1S/C21H21F3N4O3/c22-21(23,24)15-7-4-6-13(9-15)20(30)28-12-16-17(28)11-27(16)18-8-3-1-2-5-14(10-25-18)19(29)26-31/h2,4-7,9-10,16-17,31H,1,3,8,11-12H2,(H,26,29)/b5-2-,14-10+,25-18?/t16?,17-/m1/s1. The van der Waals surface area contributed by atoms with Gasteiger partial charge in [-0.25, -0.2) is 10.5 Å². The minimum absolute atomic E-state index is 0.0279. The maximum Gasteiger partial charge on any atom is 0.416 e. The lowest BCUT2D eigenvalue weighted by Crippen LogP contribution is -2.80. The molecule has 2 fully saturated rings. The number of rotatable bonds is 2. The number of piperazine rings is 1. The van der Waals surface area contributed by atoms with Crippen LogP contribution in [0.15, 0.2) is 53.2 Å². The van der Waals surface area contributed by atoms with Gasteiger partial charge in [0.25, 0.3) is 11.8 Å². The molecular weight excluding hydrogens is 413 g/mol. The summed E-state index contributed by atoms with van der Waals surface area (Å²) >= 11 is 0. The van der Waals surface area contributed by atoms with Gasteiger partial charge in [-0.1, -0.05) is 18.2 Å². The van der Waals surface area contributed by atoms with Gasteiger partial charge in [0.05, 0.1) is 23.2 Å². The molecule has 1 unspecified atom stereocenters. The minimum atomic E-state index is -4.50. The third-order valence-electron chi connectivity index (χ3n) is 5.83. The van der Waals surface area contributed by atoms with Crippen molar-refractivity contribution in [3.63, 3.8) is 0 Å². The fourth-order valence-corrected chi connectivity index (χ4v) is 4.04. The zero-order valence-corrected chi connectivity index (χ0v) is 16.5. The number of halogens is 3. The predicted octanol–water partition coefficient (Wildman–Crippen LogP) is 2.74. The second kappa shape index (κ2) is 8.18. The number of benzene rings is 1. The summed E-state index contributed by atoms with van der Waals surface area (Å²) in [6.45, 7) is 0.946. The molecule has 10 heteroatoms. The molecule has 31 heavy (non-hydrogen) atoms. The minimum Gasteiger partial charge on any atom is -0.351 e. The summed E-state index contributed by atoms with van der Waals surface area (Å²) < 4.78 is 38.8. The molecule has 0 saturated carbocycles. The Labute approximate surface area is 176 Å². The van der Waals surface area contributed by atoms with Gasteiger partial charge in [-0.15, -0.1) is 0 Å². The van der Waals surface area contributed by atoms with E-state index in [0.717, 1.165) is 30.8 Å². The van der Waals surface area contributed by atoms with Crippen molar-refractivity contribution >= 4 is 17.6 Å². The monoisotopic (exact) mass is 434 g/mol. The maximum atomic E-state index is 12.9. The van der Waals surface area contributed by atoms with Gasteiger partial charge in [0, 0.05) is 31.3 Å². The zero-order valence-electron chi connectivity index (χ0n) is 16.5. The van der Waals surface area contributed by atoms with Crippen LogP contribution in [0.4, 0.5) is 13.2 Å². The van der Waals surface area contributed by atoms with Crippen LogP contribution in [0.2, 0.25) is 0 Å². The molecule has 1 aromatic carbocycles. The number of hydrogen-bond donors (Lipinski definition) is 2. The van der Waals surface area contributed by atoms with Crippen molar-refractivity contribution < 1.29 is 28.0 Å². The largest absolute Gasteiger partial charge is 0.416 e. The molecule has 2 saturated heterocycles. The number of aliphatic imine (C=N–C) groups is 1. The van der Waals surface area contributed by atoms with Crippen LogP contribution in [-0.2, 0) is 11.0 Å². The number of amidine groups is 1. The molecule has 3 aliphatic heterocycles. The van der Waals surface area contributed by atoms with E-state index in [9.17, 15) is 22.8 Å². The molecule has 0 aromatic heterocycles. The first-order valence-electron chi connectivity index (χ1n) is 9.92. The van der Waals surface area contributed by atoms with E-state index in [1.54, 1.807) is 16.5 Å². The number of nitrogens with zero attached hydrogens (tertiary/aromatic N) is 3. The number of hydroxylamine groups is 1. The van der Waals surface area contributed by atoms with Gasteiger partial charge in [0.15, 0.2) is 0 Å².